The number of sulfone groups is 1. The minimum Gasteiger partial charge on any atom is -0.409 e. The number of aryl methyl sites for hydroxylation is 1. The molecule has 0 aliphatic carbocycles. The molecule has 0 spiro atoms. The van der Waals surface area contributed by atoms with Crippen molar-refractivity contribution in [3.8, 4) is 0 Å². The summed E-state index contributed by atoms with van der Waals surface area (Å²) in [5.41, 5.74) is 5.86. The van der Waals surface area contributed by atoms with Crippen molar-refractivity contribution in [2.24, 2.45) is 10.9 Å². The zero-order chi connectivity index (χ0) is 14.6. The van der Waals surface area contributed by atoms with E-state index in [0.29, 0.717) is 5.56 Å². The molecule has 0 aliphatic heterocycles. The van der Waals surface area contributed by atoms with Crippen molar-refractivity contribution >= 4 is 15.7 Å². The molecule has 106 valence electrons. The van der Waals surface area contributed by atoms with E-state index in [2.05, 4.69) is 15.2 Å². The minimum atomic E-state index is -3.42. The molecule has 0 amide bonds. The van der Waals surface area contributed by atoms with Gasteiger partial charge in [0.25, 0.3) is 0 Å². The number of benzene rings is 1. The molecule has 0 saturated heterocycles. The average Bonchev–Trinajstić information content (AvgIpc) is 2.98. The van der Waals surface area contributed by atoms with Gasteiger partial charge in [0.1, 0.15) is 12.7 Å². The Hall–Kier alpha value is -2.42. The largest absolute Gasteiger partial charge is 0.409 e. The number of aromatic nitrogens is 3. The summed E-state index contributed by atoms with van der Waals surface area (Å²) in [6.45, 7) is 0.227. The molecule has 0 aliphatic rings. The highest BCUT2D eigenvalue weighted by atomic mass is 32.2. The van der Waals surface area contributed by atoms with Crippen molar-refractivity contribution in [3.63, 3.8) is 0 Å². The zero-order valence-corrected chi connectivity index (χ0v) is 11.2. The lowest BCUT2D eigenvalue weighted by Crippen LogP contribution is -2.15. The van der Waals surface area contributed by atoms with Gasteiger partial charge in [0, 0.05) is 5.56 Å². The molecule has 9 heteroatoms. The molecular weight excluding hydrogens is 282 g/mol. The quantitative estimate of drug-likeness (QED) is 0.342. The van der Waals surface area contributed by atoms with Crippen LogP contribution in [-0.4, -0.2) is 40.0 Å². The third-order valence-electron chi connectivity index (χ3n) is 2.67. The molecule has 3 N–H and O–H groups in total. The Morgan fingerprint density at radius 2 is 2.05 bits per heavy atom. The summed E-state index contributed by atoms with van der Waals surface area (Å²) in [5, 5.41) is 15.2. The fraction of sp³-hybridized carbons (Fsp3) is 0.182. The molecule has 0 bridgehead atoms. The summed E-state index contributed by atoms with van der Waals surface area (Å²) in [7, 11) is -3.42. The molecule has 0 saturated carbocycles. The van der Waals surface area contributed by atoms with E-state index in [4.69, 9.17) is 10.9 Å². The molecule has 0 radical (unpaired) electrons. The summed E-state index contributed by atoms with van der Waals surface area (Å²) in [6.07, 6.45) is 2.80. The summed E-state index contributed by atoms with van der Waals surface area (Å²) in [5.74, 6) is -0.157. The van der Waals surface area contributed by atoms with Gasteiger partial charge in [0.15, 0.2) is 15.7 Å². The fourth-order valence-electron chi connectivity index (χ4n) is 1.57. The van der Waals surface area contributed by atoms with E-state index in [1.54, 1.807) is 0 Å². The molecule has 0 atom stereocenters. The molecule has 1 aromatic carbocycles. The second-order valence-corrected chi connectivity index (χ2v) is 6.10. The Morgan fingerprint density at radius 3 is 2.60 bits per heavy atom. The van der Waals surface area contributed by atoms with Crippen molar-refractivity contribution in [3.05, 3.63) is 42.5 Å². The fourth-order valence-corrected chi connectivity index (χ4v) is 2.78. The summed E-state index contributed by atoms with van der Waals surface area (Å²) >= 11 is 0. The lowest BCUT2D eigenvalue weighted by molar-refractivity contribution is 0.318. The number of amidine groups is 1. The molecule has 0 fully saturated rings. The maximum absolute atomic E-state index is 12.1. The summed E-state index contributed by atoms with van der Waals surface area (Å²) in [4.78, 5) is 3.92. The van der Waals surface area contributed by atoms with Crippen LogP contribution in [0.5, 0.6) is 0 Å². The normalized spacial score (nSPS) is 12.5. The van der Waals surface area contributed by atoms with E-state index in [1.165, 1.54) is 41.6 Å². The SMILES string of the molecule is N/C(=N/O)c1ccc(S(=O)(=O)CCn2cncn2)cc1. The molecule has 1 aromatic heterocycles. The Bertz CT molecular complexity index is 692. The van der Waals surface area contributed by atoms with Crippen LogP contribution in [-0.2, 0) is 16.4 Å². The van der Waals surface area contributed by atoms with Crippen LogP contribution in [0.1, 0.15) is 5.56 Å². The first-order valence-electron chi connectivity index (χ1n) is 5.66. The van der Waals surface area contributed by atoms with Crippen molar-refractivity contribution < 1.29 is 13.6 Å². The first-order valence-corrected chi connectivity index (χ1v) is 7.31. The van der Waals surface area contributed by atoms with Gasteiger partial charge in [-0.2, -0.15) is 5.10 Å². The summed E-state index contributed by atoms with van der Waals surface area (Å²) < 4.78 is 25.7. The second-order valence-electron chi connectivity index (χ2n) is 3.99. The first kappa shape index (κ1) is 14.0. The lowest BCUT2D eigenvalue weighted by atomic mass is 10.2. The van der Waals surface area contributed by atoms with Crippen molar-refractivity contribution in [2.75, 3.05) is 5.75 Å². The van der Waals surface area contributed by atoms with E-state index in [-0.39, 0.29) is 23.0 Å². The highest BCUT2D eigenvalue weighted by molar-refractivity contribution is 7.91. The number of oxime groups is 1. The van der Waals surface area contributed by atoms with Gasteiger partial charge in [0.05, 0.1) is 17.2 Å². The molecule has 8 nitrogen and oxygen atoms in total. The van der Waals surface area contributed by atoms with Crippen molar-refractivity contribution in [1.29, 1.82) is 0 Å². The van der Waals surface area contributed by atoms with Gasteiger partial charge in [-0.3, -0.25) is 4.68 Å². The van der Waals surface area contributed by atoms with Gasteiger partial charge >= 0.3 is 0 Å². The van der Waals surface area contributed by atoms with E-state index in [9.17, 15) is 8.42 Å². The van der Waals surface area contributed by atoms with Gasteiger partial charge in [-0.05, 0) is 24.3 Å². The van der Waals surface area contributed by atoms with Crippen LogP contribution in [0.3, 0.4) is 0 Å². The van der Waals surface area contributed by atoms with Crippen LogP contribution in [0.2, 0.25) is 0 Å². The van der Waals surface area contributed by atoms with Gasteiger partial charge < -0.3 is 10.9 Å². The maximum Gasteiger partial charge on any atom is 0.180 e. The topological polar surface area (TPSA) is 123 Å². The van der Waals surface area contributed by atoms with Crippen LogP contribution >= 0.6 is 0 Å². The zero-order valence-electron chi connectivity index (χ0n) is 10.4. The molecule has 2 rings (SSSR count). The Balaban J connectivity index is 2.13. The van der Waals surface area contributed by atoms with Crippen LogP contribution < -0.4 is 5.73 Å². The Labute approximate surface area is 115 Å². The monoisotopic (exact) mass is 295 g/mol. The van der Waals surface area contributed by atoms with Crippen molar-refractivity contribution in [2.45, 2.75) is 11.4 Å². The molecule has 20 heavy (non-hydrogen) atoms. The Kier molecular flexibility index (Phi) is 3.99. The summed E-state index contributed by atoms with van der Waals surface area (Å²) in [6, 6.07) is 5.81. The number of rotatable bonds is 5. The number of nitrogens with zero attached hydrogens (tertiary/aromatic N) is 4. The minimum absolute atomic E-state index is 0.0726. The van der Waals surface area contributed by atoms with E-state index >= 15 is 0 Å². The first-order chi connectivity index (χ1) is 9.53. The van der Waals surface area contributed by atoms with E-state index < -0.39 is 9.84 Å². The lowest BCUT2D eigenvalue weighted by Gasteiger charge is -2.05. The highest BCUT2D eigenvalue weighted by Crippen LogP contribution is 2.13. The molecule has 0 unspecified atom stereocenters. The van der Waals surface area contributed by atoms with Crippen LogP contribution in [0.4, 0.5) is 0 Å². The molecule has 1 heterocycles. The predicted octanol–water partition coefficient (Wildman–Crippen LogP) is -0.153. The van der Waals surface area contributed by atoms with Gasteiger partial charge in [0.2, 0.25) is 0 Å². The number of hydrogen-bond acceptors (Lipinski definition) is 6. The Morgan fingerprint density at radius 1 is 1.35 bits per heavy atom. The predicted molar refractivity (Wildman–Crippen MR) is 71.0 cm³/mol. The van der Waals surface area contributed by atoms with Gasteiger partial charge in [-0.15, -0.1) is 0 Å². The number of nitrogens with two attached hydrogens (primary N) is 1. The standard InChI is InChI=1S/C11H13N5O3S/c12-11(15-17)9-1-3-10(4-2-9)20(18,19)6-5-16-8-13-7-14-16/h1-4,7-8,17H,5-6H2,(H2,12,15). The van der Waals surface area contributed by atoms with E-state index in [0.717, 1.165) is 0 Å². The average molecular weight is 295 g/mol. The maximum atomic E-state index is 12.1. The third kappa shape index (κ3) is 3.12. The van der Waals surface area contributed by atoms with E-state index in [1.807, 2.05) is 0 Å². The highest BCUT2D eigenvalue weighted by Gasteiger charge is 2.15. The van der Waals surface area contributed by atoms with Crippen LogP contribution in [0.15, 0.2) is 47.0 Å². The van der Waals surface area contributed by atoms with Crippen LogP contribution in [0, 0.1) is 0 Å². The van der Waals surface area contributed by atoms with Gasteiger partial charge in [-0.25, -0.2) is 13.4 Å². The smallest absolute Gasteiger partial charge is 0.180 e. The third-order valence-corrected chi connectivity index (χ3v) is 4.38. The second kappa shape index (κ2) is 5.70. The van der Waals surface area contributed by atoms with Crippen molar-refractivity contribution in [1.82, 2.24) is 14.8 Å². The molecule has 2 aromatic rings. The molecular formula is C11H13N5O3S. The van der Waals surface area contributed by atoms with Crippen LogP contribution in [0.25, 0.3) is 0 Å². The van der Waals surface area contributed by atoms with Gasteiger partial charge in [-0.1, -0.05) is 5.16 Å². The number of hydrogen-bond donors (Lipinski definition) is 2.